The van der Waals surface area contributed by atoms with Gasteiger partial charge in [0.05, 0.1) is 0 Å². The molecule has 0 amide bonds. The van der Waals surface area contributed by atoms with E-state index < -0.39 is 0 Å². The van der Waals surface area contributed by atoms with Gasteiger partial charge in [-0.2, -0.15) is 0 Å². The Morgan fingerprint density at radius 1 is 0.344 bits per heavy atom. The third-order valence-electron chi connectivity index (χ3n) is 12.2. The summed E-state index contributed by atoms with van der Waals surface area (Å²) in [6.45, 7) is 6.75. The highest BCUT2D eigenvalue weighted by Gasteiger charge is 2.30. The second-order valence-electron chi connectivity index (χ2n) is 17.0. The van der Waals surface area contributed by atoms with Gasteiger partial charge >= 0.3 is 0 Å². The molecule has 2 aliphatic rings. The Kier molecular flexibility index (Phi) is 7.72. The molecule has 0 spiro atoms. The Balaban J connectivity index is 0.956. The third kappa shape index (κ3) is 5.69. The van der Waals surface area contributed by atoms with Crippen molar-refractivity contribution in [2.75, 3.05) is 9.80 Å². The number of benzene rings is 9. The minimum Gasteiger partial charge on any atom is -0.456 e. The lowest BCUT2D eigenvalue weighted by atomic mass is 9.87. The van der Waals surface area contributed by atoms with Crippen molar-refractivity contribution in [1.82, 2.24) is 0 Å². The van der Waals surface area contributed by atoms with Gasteiger partial charge in [-0.3, -0.25) is 0 Å². The van der Waals surface area contributed by atoms with Crippen LogP contribution in [0.1, 0.15) is 26.3 Å². The molecule has 0 saturated carbocycles. The number of hydrogen-bond acceptors (Lipinski definition) is 5. The smallest absolute Gasteiger partial charge is 0.137 e. The maximum atomic E-state index is 6.90. The lowest BCUT2D eigenvalue weighted by molar-refractivity contribution is 0.480. The van der Waals surface area contributed by atoms with Gasteiger partial charge in [-0.05, 0) is 131 Å². The molecule has 0 radical (unpaired) electrons. The van der Waals surface area contributed by atoms with Crippen LogP contribution in [0.5, 0.6) is 23.0 Å². The molecule has 0 fully saturated rings. The molecule has 0 bridgehead atoms. The molecule has 5 nitrogen and oxygen atoms in total. The first-order valence-corrected chi connectivity index (χ1v) is 20.8. The van der Waals surface area contributed by atoms with Gasteiger partial charge < -0.3 is 23.7 Å². The average molecular weight is 789 g/mol. The molecule has 0 saturated heterocycles. The van der Waals surface area contributed by atoms with E-state index in [-0.39, 0.29) is 5.41 Å². The lowest BCUT2D eigenvalue weighted by Gasteiger charge is -2.30. The van der Waals surface area contributed by atoms with Crippen LogP contribution in [0.2, 0.25) is 0 Å². The van der Waals surface area contributed by atoms with E-state index in [4.69, 9.17) is 13.9 Å². The van der Waals surface area contributed by atoms with Crippen molar-refractivity contribution in [2.24, 2.45) is 0 Å². The minimum absolute atomic E-state index is 0.0360. The highest BCUT2D eigenvalue weighted by Crippen LogP contribution is 2.56. The number of ether oxygens (including phenoxy) is 2. The predicted molar refractivity (Wildman–Crippen MR) is 250 cm³/mol. The van der Waals surface area contributed by atoms with Crippen LogP contribution in [0, 0.1) is 0 Å². The van der Waals surface area contributed by atoms with E-state index in [1.54, 1.807) is 0 Å². The van der Waals surface area contributed by atoms with E-state index in [1.165, 1.54) is 5.56 Å². The molecule has 0 atom stereocenters. The second kappa shape index (κ2) is 13.4. The zero-order chi connectivity index (χ0) is 40.8. The number of anilines is 6. The van der Waals surface area contributed by atoms with E-state index >= 15 is 0 Å². The molecular weight excluding hydrogens is 749 g/mol. The summed E-state index contributed by atoms with van der Waals surface area (Å²) in [5.41, 5.74) is 13.7. The maximum absolute atomic E-state index is 6.90. The van der Waals surface area contributed by atoms with Gasteiger partial charge in [-0.1, -0.05) is 87.5 Å². The molecule has 5 heteroatoms. The van der Waals surface area contributed by atoms with Gasteiger partial charge in [-0.25, -0.2) is 0 Å². The van der Waals surface area contributed by atoms with Crippen LogP contribution >= 0.6 is 0 Å². The quantitative estimate of drug-likeness (QED) is 0.168. The van der Waals surface area contributed by atoms with Gasteiger partial charge in [0.25, 0.3) is 0 Å². The molecule has 292 valence electrons. The van der Waals surface area contributed by atoms with Gasteiger partial charge in [0, 0.05) is 78.9 Å². The summed E-state index contributed by atoms with van der Waals surface area (Å²) < 4.78 is 19.9. The molecule has 3 heterocycles. The van der Waals surface area contributed by atoms with Crippen molar-refractivity contribution in [3.8, 4) is 45.3 Å². The molecule has 2 aliphatic heterocycles. The van der Waals surface area contributed by atoms with Crippen LogP contribution in [0.3, 0.4) is 0 Å². The Morgan fingerprint density at radius 2 is 0.787 bits per heavy atom. The van der Waals surface area contributed by atoms with E-state index in [9.17, 15) is 0 Å². The standard InChI is InChI=1S/C56H40N2O3/c1-56(2,3)35-18-20-38(21-19-35)58(39-24-29-49-47(32-39)42-16-10-11-17-48(42)59-49)41-23-26-44-46-28-30-50-54-45(27-31-51(55(46)54)61-53(44)34-41)43-25-22-40(33-52(43)60-50)57(36-12-6-4-7-13-36)37-14-8-5-9-15-37/h4-34H,1-3H3. The van der Waals surface area contributed by atoms with Crippen molar-refractivity contribution in [1.29, 1.82) is 0 Å². The summed E-state index contributed by atoms with van der Waals surface area (Å²) >= 11 is 0. The normalized spacial score (nSPS) is 12.4. The first-order valence-electron chi connectivity index (χ1n) is 20.8. The summed E-state index contributed by atoms with van der Waals surface area (Å²) in [5, 5.41) is 4.30. The Hall–Kier alpha value is -7.76. The largest absolute Gasteiger partial charge is 0.456 e. The van der Waals surface area contributed by atoms with Gasteiger partial charge in [0.1, 0.15) is 34.2 Å². The molecular formula is C56H40N2O3. The molecule has 9 aromatic carbocycles. The molecule has 0 N–H and O–H groups in total. The molecule has 10 aromatic rings. The highest BCUT2D eigenvalue weighted by atomic mass is 16.5. The molecule has 1 aromatic heterocycles. The molecule has 0 aliphatic carbocycles. The van der Waals surface area contributed by atoms with Crippen LogP contribution in [0.4, 0.5) is 34.1 Å². The fourth-order valence-corrected chi connectivity index (χ4v) is 9.21. The molecule has 61 heavy (non-hydrogen) atoms. The summed E-state index contributed by atoms with van der Waals surface area (Å²) in [7, 11) is 0. The fourth-order valence-electron chi connectivity index (χ4n) is 9.21. The lowest BCUT2D eigenvalue weighted by Crippen LogP contribution is -2.13. The molecule has 0 unspecified atom stereocenters. The van der Waals surface area contributed by atoms with Crippen LogP contribution in [0.15, 0.2) is 192 Å². The number of rotatable bonds is 6. The Bertz CT molecular complexity index is 3310. The molecule has 12 rings (SSSR count). The van der Waals surface area contributed by atoms with Gasteiger partial charge in [0.2, 0.25) is 0 Å². The predicted octanol–water partition coefficient (Wildman–Crippen LogP) is 16.5. The van der Waals surface area contributed by atoms with E-state index in [1.807, 2.05) is 24.3 Å². The monoisotopic (exact) mass is 788 g/mol. The van der Waals surface area contributed by atoms with E-state index in [0.29, 0.717) is 0 Å². The van der Waals surface area contributed by atoms with Crippen molar-refractivity contribution in [3.63, 3.8) is 0 Å². The van der Waals surface area contributed by atoms with E-state index in [0.717, 1.165) is 112 Å². The average Bonchev–Trinajstić information content (AvgIpc) is 3.66. The maximum Gasteiger partial charge on any atom is 0.137 e. The number of furan rings is 1. The SMILES string of the molecule is CC(C)(C)c1ccc(N(c2ccc3c(c2)Oc2ccc4c5c(ccc-3c25)Oc2cc(N(c3ccccc3)c3ccccc3)ccc2-4)c2ccc3oc4ccccc4c3c2)cc1. The third-order valence-corrected chi connectivity index (χ3v) is 12.2. The van der Waals surface area contributed by atoms with E-state index in [2.05, 4.69) is 194 Å². The van der Waals surface area contributed by atoms with Gasteiger partial charge in [-0.15, -0.1) is 0 Å². The summed E-state index contributed by atoms with van der Waals surface area (Å²) in [6, 6.07) is 66.2. The first-order chi connectivity index (χ1) is 29.9. The number of fused-ring (bicyclic) bond motifs is 7. The van der Waals surface area contributed by atoms with Crippen LogP contribution < -0.4 is 19.3 Å². The fraction of sp³-hybridized carbons (Fsp3) is 0.0714. The highest BCUT2D eigenvalue weighted by molar-refractivity contribution is 6.14. The van der Waals surface area contributed by atoms with Gasteiger partial charge in [0.15, 0.2) is 0 Å². The Labute approximate surface area is 354 Å². The number of nitrogens with zero attached hydrogens (tertiary/aromatic N) is 2. The summed E-state index contributed by atoms with van der Waals surface area (Å²) in [5.74, 6) is 3.27. The zero-order valence-corrected chi connectivity index (χ0v) is 34.0. The second-order valence-corrected chi connectivity index (χ2v) is 17.0. The van der Waals surface area contributed by atoms with Crippen molar-refractivity contribution < 1.29 is 13.9 Å². The summed E-state index contributed by atoms with van der Waals surface area (Å²) in [6.07, 6.45) is 0. The number of para-hydroxylation sites is 3. The topological polar surface area (TPSA) is 38.1 Å². The van der Waals surface area contributed by atoms with Crippen molar-refractivity contribution >= 4 is 66.8 Å². The summed E-state index contributed by atoms with van der Waals surface area (Å²) in [4.78, 5) is 4.57. The number of hydrogen-bond donors (Lipinski definition) is 0. The zero-order valence-electron chi connectivity index (χ0n) is 34.0. The van der Waals surface area contributed by atoms with Crippen LogP contribution in [-0.4, -0.2) is 0 Å². The van der Waals surface area contributed by atoms with Crippen LogP contribution in [0.25, 0.3) is 55.0 Å². The Morgan fingerprint density at radius 3 is 1.36 bits per heavy atom. The van der Waals surface area contributed by atoms with Crippen LogP contribution in [-0.2, 0) is 5.41 Å². The first kappa shape index (κ1) is 35.2. The minimum atomic E-state index is 0.0360. The van der Waals surface area contributed by atoms with Crippen molar-refractivity contribution in [2.45, 2.75) is 26.2 Å². The van der Waals surface area contributed by atoms with Crippen molar-refractivity contribution in [3.05, 3.63) is 194 Å².